The summed E-state index contributed by atoms with van der Waals surface area (Å²) >= 11 is 0. The van der Waals surface area contributed by atoms with E-state index in [0.29, 0.717) is 13.2 Å². The second kappa shape index (κ2) is 6.59. The molecule has 4 heteroatoms. The molecule has 0 N–H and O–H groups in total. The van der Waals surface area contributed by atoms with Gasteiger partial charge in [0.15, 0.2) is 0 Å². The highest BCUT2D eigenvalue weighted by Crippen LogP contribution is 2.09. The van der Waals surface area contributed by atoms with E-state index >= 15 is 0 Å². The van der Waals surface area contributed by atoms with Crippen LogP contribution in [0.5, 0.6) is 5.75 Å². The van der Waals surface area contributed by atoms with Crippen LogP contribution in [-0.4, -0.2) is 29.6 Å². The molecule has 0 spiro atoms. The van der Waals surface area contributed by atoms with Gasteiger partial charge in [-0.25, -0.2) is 0 Å². The highest BCUT2D eigenvalue weighted by Gasteiger charge is 2.06. The van der Waals surface area contributed by atoms with Crippen LogP contribution in [0.3, 0.4) is 0 Å². The lowest BCUT2D eigenvalue weighted by atomic mass is 10.3. The molecule has 0 amide bonds. The first-order valence-corrected chi connectivity index (χ1v) is 6.75. The van der Waals surface area contributed by atoms with Crippen molar-refractivity contribution in [2.24, 2.45) is 0 Å². The van der Waals surface area contributed by atoms with Gasteiger partial charge in [0.05, 0.1) is 13.2 Å². The van der Waals surface area contributed by atoms with Crippen LogP contribution >= 0.6 is 0 Å². The molecule has 0 saturated heterocycles. The predicted octanol–water partition coefficient (Wildman–Crippen LogP) is 1.58. The predicted molar refractivity (Wildman–Crippen MR) is 57.9 cm³/mol. The van der Waals surface area contributed by atoms with E-state index < -0.39 is 9.28 Å². The third-order valence-electron chi connectivity index (χ3n) is 1.69. The molecule has 1 rings (SSSR count). The van der Waals surface area contributed by atoms with E-state index in [4.69, 9.17) is 13.6 Å². The Kier molecular flexibility index (Phi) is 5.29. The Labute approximate surface area is 86.5 Å². The van der Waals surface area contributed by atoms with Crippen molar-refractivity contribution in [1.29, 1.82) is 0 Å². The van der Waals surface area contributed by atoms with Gasteiger partial charge in [-0.3, -0.25) is 0 Å². The minimum Gasteiger partial charge on any atom is -0.522 e. The largest absolute Gasteiger partial charge is 0.522 e. The number of hydrogen-bond donors (Lipinski definition) is 0. The highest BCUT2D eigenvalue weighted by molar-refractivity contribution is 6.43. The summed E-state index contributed by atoms with van der Waals surface area (Å²) in [4.78, 5) is 0. The standard InChI is InChI=1S/C10H16O3Si/c1-11-8-9-12-14(2)13-10-6-4-3-5-7-10/h3-7,14H,8-9H2,1-2H3. The van der Waals surface area contributed by atoms with Crippen molar-refractivity contribution in [3.8, 4) is 5.75 Å². The molecule has 78 valence electrons. The van der Waals surface area contributed by atoms with Gasteiger partial charge < -0.3 is 13.6 Å². The van der Waals surface area contributed by atoms with Crippen LogP contribution in [0.1, 0.15) is 0 Å². The molecule has 0 aliphatic rings. The molecule has 3 nitrogen and oxygen atoms in total. The summed E-state index contributed by atoms with van der Waals surface area (Å²) in [6.07, 6.45) is 0. The lowest BCUT2D eigenvalue weighted by molar-refractivity contribution is 0.136. The Hall–Kier alpha value is -0.843. The Morgan fingerprint density at radius 3 is 2.50 bits per heavy atom. The van der Waals surface area contributed by atoms with Gasteiger partial charge in [0.1, 0.15) is 5.75 Å². The maximum Gasteiger partial charge on any atom is 0.379 e. The van der Waals surface area contributed by atoms with Gasteiger partial charge in [-0.2, -0.15) is 0 Å². The molecule has 1 unspecified atom stereocenters. The molecule has 0 bridgehead atoms. The summed E-state index contributed by atoms with van der Waals surface area (Å²) in [6, 6.07) is 9.73. The van der Waals surface area contributed by atoms with Crippen LogP contribution in [0.4, 0.5) is 0 Å². The van der Waals surface area contributed by atoms with Crippen molar-refractivity contribution >= 4 is 9.28 Å². The van der Waals surface area contributed by atoms with Crippen molar-refractivity contribution in [2.75, 3.05) is 20.3 Å². The molecule has 14 heavy (non-hydrogen) atoms. The number of benzene rings is 1. The van der Waals surface area contributed by atoms with Gasteiger partial charge in [0, 0.05) is 7.11 Å². The summed E-state index contributed by atoms with van der Waals surface area (Å²) in [5.41, 5.74) is 0. The van der Waals surface area contributed by atoms with E-state index in [1.807, 2.05) is 36.9 Å². The van der Waals surface area contributed by atoms with Gasteiger partial charge in [-0.15, -0.1) is 0 Å². The summed E-state index contributed by atoms with van der Waals surface area (Å²) in [5, 5.41) is 0. The first-order valence-electron chi connectivity index (χ1n) is 4.65. The summed E-state index contributed by atoms with van der Waals surface area (Å²) in [6.45, 7) is 3.23. The van der Waals surface area contributed by atoms with Gasteiger partial charge in [-0.05, 0) is 18.7 Å². The van der Waals surface area contributed by atoms with Crippen LogP contribution in [0, 0.1) is 0 Å². The van der Waals surface area contributed by atoms with Crippen LogP contribution in [0.15, 0.2) is 30.3 Å². The Morgan fingerprint density at radius 1 is 1.14 bits per heavy atom. The van der Waals surface area contributed by atoms with E-state index in [0.717, 1.165) is 5.75 Å². The monoisotopic (exact) mass is 212 g/mol. The lowest BCUT2D eigenvalue weighted by Gasteiger charge is -2.13. The molecule has 0 saturated carbocycles. The van der Waals surface area contributed by atoms with E-state index in [-0.39, 0.29) is 0 Å². The van der Waals surface area contributed by atoms with Crippen molar-refractivity contribution in [3.63, 3.8) is 0 Å². The second-order valence-electron chi connectivity index (χ2n) is 2.86. The zero-order valence-electron chi connectivity index (χ0n) is 8.60. The molecule has 0 radical (unpaired) electrons. The van der Waals surface area contributed by atoms with E-state index in [2.05, 4.69) is 0 Å². The SMILES string of the molecule is COCCO[SiH](C)Oc1ccccc1. The van der Waals surface area contributed by atoms with Crippen molar-refractivity contribution in [2.45, 2.75) is 6.55 Å². The molecule has 0 fully saturated rings. The fraction of sp³-hybridized carbons (Fsp3) is 0.400. The number of para-hydroxylation sites is 1. The van der Waals surface area contributed by atoms with Gasteiger partial charge >= 0.3 is 9.28 Å². The van der Waals surface area contributed by atoms with E-state index in [9.17, 15) is 0 Å². The second-order valence-corrected chi connectivity index (χ2v) is 4.57. The zero-order chi connectivity index (χ0) is 10.2. The lowest BCUT2D eigenvalue weighted by Crippen LogP contribution is -2.24. The molecular formula is C10H16O3Si. The van der Waals surface area contributed by atoms with Crippen LogP contribution in [0.25, 0.3) is 0 Å². The van der Waals surface area contributed by atoms with Crippen molar-refractivity contribution in [3.05, 3.63) is 30.3 Å². The molecule has 0 aromatic heterocycles. The molecular weight excluding hydrogens is 196 g/mol. The molecule has 0 aliphatic carbocycles. The van der Waals surface area contributed by atoms with Crippen LogP contribution < -0.4 is 4.43 Å². The summed E-state index contributed by atoms with van der Waals surface area (Å²) in [5.74, 6) is 0.879. The first-order chi connectivity index (χ1) is 6.83. The molecule has 0 aliphatic heterocycles. The normalized spacial score (nSPS) is 12.4. The van der Waals surface area contributed by atoms with Crippen LogP contribution in [0.2, 0.25) is 6.55 Å². The Bertz CT molecular complexity index is 240. The maximum atomic E-state index is 5.62. The number of rotatable bonds is 6. The quantitative estimate of drug-likeness (QED) is 0.529. The van der Waals surface area contributed by atoms with E-state index in [1.165, 1.54) is 0 Å². The minimum atomic E-state index is -1.54. The zero-order valence-corrected chi connectivity index (χ0v) is 9.76. The topological polar surface area (TPSA) is 27.7 Å². The Morgan fingerprint density at radius 2 is 1.86 bits per heavy atom. The third-order valence-corrected chi connectivity index (χ3v) is 2.99. The minimum absolute atomic E-state index is 0.608. The summed E-state index contributed by atoms with van der Waals surface area (Å²) < 4.78 is 16.0. The fourth-order valence-corrected chi connectivity index (χ4v) is 2.06. The van der Waals surface area contributed by atoms with Crippen molar-refractivity contribution in [1.82, 2.24) is 0 Å². The highest BCUT2D eigenvalue weighted by atomic mass is 28.3. The van der Waals surface area contributed by atoms with Crippen molar-refractivity contribution < 1.29 is 13.6 Å². The van der Waals surface area contributed by atoms with E-state index in [1.54, 1.807) is 7.11 Å². The maximum absolute atomic E-state index is 5.62. The Balaban J connectivity index is 2.23. The number of methoxy groups -OCH3 is 1. The average Bonchev–Trinajstić information content (AvgIpc) is 2.20. The molecule has 1 aromatic carbocycles. The van der Waals surface area contributed by atoms with Gasteiger partial charge in [-0.1, -0.05) is 18.2 Å². The van der Waals surface area contributed by atoms with Crippen LogP contribution in [-0.2, 0) is 9.16 Å². The van der Waals surface area contributed by atoms with Gasteiger partial charge in [0.25, 0.3) is 0 Å². The smallest absolute Gasteiger partial charge is 0.379 e. The number of ether oxygens (including phenoxy) is 1. The fourth-order valence-electron chi connectivity index (χ4n) is 1.02. The summed E-state index contributed by atoms with van der Waals surface area (Å²) in [7, 11) is 0.120. The molecule has 1 aromatic rings. The third kappa shape index (κ3) is 4.41. The van der Waals surface area contributed by atoms with Gasteiger partial charge in [0.2, 0.25) is 0 Å². The first kappa shape index (κ1) is 11.2. The molecule has 0 heterocycles. The molecule has 1 atom stereocenters. The average molecular weight is 212 g/mol. The number of hydrogen-bond acceptors (Lipinski definition) is 3.